The normalized spacial score (nSPS) is 28.0. The molecule has 7 nitrogen and oxygen atoms in total. The highest BCUT2D eigenvalue weighted by Gasteiger charge is 2.39. The van der Waals surface area contributed by atoms with Crippen LogP contribution in [0.3, 0.4) is 0 Å². The van der Waals surface area contributed by atoms with Gasteiger partial charge < -0.3 is 15.0 Å². The van der Waals surface area contributed by atoms with E-state index in [1.807, 2.05) is 4.90 Å². The molecule has 1 aromatic rings. The molecule has 2 aliphatic heterocycles. The summed E-state index contributed by atoms with van der Waals surface area (Å²) in [6.07, 6.45) is 12.6. The van der Waals surface area contributed by atoms with Crippen LogP contribution in [0.2, 0.25) is 0 Å². The predicted octanol–water partition coefficient (Wildman–Crippen LogP) is 1.72. The van der Waals surface area contributed by atoms with E-state index in [0.717, 1.165) is 37.8 Å². The van der Waals surface area contributed by atoms with Gasteiger partial charge in [0.05, 0.1) is 18.6 Å². The standard InChI is InChI=1S/C21H30N4O3/c26-20(6-5-15-10-22-14-23-11-15)25-8-7-19-16(12-25)9-17(13-28-19)21(27)24-18-3-1-2-4-18/h10-11,14,16-19H,1-9,12-13H2,(H,24,27)/t16-,17-,19+/m0/s1. The molecule has 3 aliphatic rings. The molecule has 3 heterocycles. The number of aryl methyl sites for hydroxylation is 1. The predicted molar refractivity (Wildman–Crippen MR) is 103 cm³/mol. The van der Waals surface area contributed by atoms with E-state index in [9.17, 15) is 9.59 Å². The first kappa shape index (κ1) is 19.3. The molecule has 2 amide bonds. The molecule has 1 aromatic heterocycles. The zero-order valence-electron chi connectivity index (χ0n) is 16.4. The molecule has 28 heavy (non-hydrogen) atoms. The zero-order chi connectivity index (χ0) is 19.3. The highest BCUT2D eigenvalue weighted by molar-refractivity contribution is 5.79. The van der Waals surface area contributed by atoms with Gasteiger partial charge in [-0.1, -0.05) is 12.8 Å². The van der Waals surface area contributed by atoms with E-state index >= 15 is 0 Å². The Kier molecular flexibility index (Phi) is 6.20. The molecule has 0 spiro atoms. The van der Waals surface area contributed by atoms with Crippen LogP contribution in [0.25, 0.3) is 0 Å². The van der Waals surface area contributed by atoms with E-state index < -0.39 is 0 Å². The van der Waals surface area contributed by atoms with E-state index in [4.69, 9.17) is 4.74 Å². The van der Waals surface area contributed by atoms with Gasteiger partial charge in [0.2, 0.25) is 11.8 Å². The number of piperidine rings is 1. The fourth-order valence-corrected chi connectivity index (χ4v) is 4.80. The van der Waals surface area contributed by atoms with Gasteiger partial charge in [-0.05, 0) is 37.7 Å². The maximum Gasteiger partial charge on any atom is 0.225 e. The van der Waals surface area contributed by atoms with E-state index in [0.29, 0.717) is 32.0 Å². The molecule has 152 valence electrons. The molecule has 3 fully saturated rings. The van der Waals surface area contributed by atoms with Crippen LogP contribution in [0.4, 0.5) is 0 Å². The number of carbonyl (C=O) groups is 2. The number of hydrogen-bond acceptors (Lipinski definition) is 5. The van der Waals surface area contributed by atoms with E-state index in [1.165, 1.54) is 19.2 Å². The van der Waals surface area contributed by atoms with Gasteiger partial charge in [-0.15, -0.1) is 0 Å². The van der Waals surface area contributed by atoms with Crippen molar-refractivity contribution in [2.45, 2.75) is 63.5 Å². The Morgan fingerprint density at radius 1 is 1.18 bits per heavy atom. The minimum atomic E-state index is -0.0848. The van der Waals surface area contributed by atoms with Crippen LogP contribution < -0.4 is 5.32 Å². The van der Waals surface area contributed by atoms with Crippen molar-refractivity contribution in [3.05, 3.63) is 24.3 Å². The average Bonchev–Trinajstić information content (AvgIpc) is 3.25. The van der Waals surface area contributed by atoms with Crippen LogP contribution in [-0.4, -0.2) is 58.5 Å². The van der Waals surface area contributed by atoms with Crippen molar-refractivity contribution in [1.82, 2.24) is 20.2 Å². The maximum atomic E-state index is 12.7. The van der Waals surface area contributed by atoms with Crippen molar-refractivity contribution < 1.29 is 14.3 Å². The number of aromatic nitrogens is 2. The Morgan fingerprint density at radius 3 is 2.75 bits per heavy atom. The number of nitrogens with zero attached hydrogens (tertiary/aromatic N) is 3. The molecule has 4 rings (SSSR count). The van der Waals surface area contributed by atoms with Crippen molar-refractivity contribution in [2.75, 3.05) is 19.7 Å². The number of rotatable bonds is 5. The number of hydrogen-bond donors (Lipinski definition) is 1. The Hall–Kier alpha value is -2.02. The largest absolute Gasteiger partial charge is 0.377 e. The quantitative estimate of drug-likeness (QED) is 0.833. The highest BCUT2D eigenvalue weighted by Crippen LogP contribution is 2.32. The van der Waals surface area contributed by atoms with Gasteiger partial charge in [0.1, 0.15) is 6.33 Å². The SMILES string of the molecule is O=C(NC1CCCC1)[C@@H]1CO[C@@H]2CCN(C(=O)CCc3cncnc3)C[C@@H]2C1. The van der Waals surface area contributed by atoms with Gasteiger partial charge in [0.15, 0.2) is 0 Å². The summed E-state index contributed by atoms with van der Waals surface area (Å²) < 4.78 is 6.02. The van der Waals surface area contributed by atoms with Crippen LogP contribution in [0, 0.1) is 11.8 Å². The molecular weight excluding hydrogens is 356 g/mol. The third-order valence-corrected chi connectivity index (χ3v) is 6.43. The Labute approximate surface area is 166 Å². The van der Waals surface area contributed by atoms with Gasteiger partial charge in [-0.25, -0.2) is 9.97 Å². The second kappa shape index (κ2) is 8.99. The zero-order valence-corrected chi connectivity index (χ0v) is 16.4. The number of likely N-dealkylation sites (tertiary alicyclic amines) is 1. The lowest BCUT2D eigenvalue weighted by molar-refractivity contribution is -0.146. The highest BCUT2D eigenvalue weighted by atomic mass is 16.5. The van der Waals surface area contributed by atoms with Gasteiger partial charge in [0, 0.05) is 43.9 Å². The summed E-state index contributed by atoms with van der Waals surface area (Å²) in [6, 6.07) is 0.344. The summed E-state index contributed by atoms with van der Waals surface area (Å²) in [5.41, 5.74) is 0.982. The monoisotopic (exact) mass is 386 g/mol. The van der Waals surface area contributed by atoms with Crippen molar-refractivity contribution in [2.24, 2.45) is 11.8 Å². The van der Waals surface area contributed by atoms with Crippen molar-refractivity contribution in [3.63, 3.8) is 0 Å². The first-order valence-electron chi connectivity index (χ1n) is 10.6. The smallest absolute Gasteiger partial charge is 0.225 e. The Bertz CT molecular complexity index is 677. The van der Waals surface area contributed by atoms with Crippen molar-refractivity contribution in [1.29, 1.82) is 0 Å². The molecular formula is C21H30N4O3. The summed E-state index contributed by atoms with van der Waals surface area (Å²) in [6.45, 7) is 1.95. The number of amides is 2. The van der Waals surface area contributed by atoms with Crippen LogP contribution in [-0.2, 0) is 20.7 Å². The average molecular weight is 386 g/mol. The summed E-state index contributed by atoms with van der Waals surface area (Å²) in [4.78, 5) is 35.2. The molecule has 0 unspecified atom stereocenters. The van der Waals surface area contributed by atoms with Gasteiger partial charge >= 0.3 is 0 Å². The van der Waals surface area contributed by atoms with Crippen LogP contribution in [0.5, 0.6) is 0 Å². The third-order valence-electron chi connectivity index (χ3n) is 6.43. The molecule has 1 aliphatic carbocycles. The van der Waals surface area contributed by atoms with Crippen LogP contribution in [0.1, 0.15) is 50.5 Å². The Morgan fingerprint density at radius 2 is 1.96 bits per heavy atom. The molecule has 0 radical (unpaired) electrons. The summed E-state index contributed by atoms with van der Waals surface area (Å²) in [5.74, 6) is 0.474. The third kappa shape index (κ3) is 4.69. The lowest BCUT2D eigenvalue weighted by Crippen LogP contribution is -2.52. The van der Waals surface area contributed by atoms with E-state index in [2.05, 4.69) is 15.3 Å². The Balaban J connectivity index is 1.27. The lowest BCUT2D eigenvalue weighted by atomic mass is 9.83. The fraction of sp³-hybridized carbons (Fsp3) is 0.714. The first-order valence-corrected chi connectivity index (χ1v) is 10.6. The number of ether oxygens (including phenoxy) is 1. The summed E-state index contributed by atoms with van der Waals surface area (Å²) >= 11 is 0. The molecule has 3 atom stereocenters. The van der Waals surface area contributed by atoms with E-state index in [1.54, 1.807) is 12.4 Å². The number of carbonyl (C=O) groups excluding carboxylic acids is 2. The second-order valence-electron chi connectivity index (χ2n) is 8.43. The molecule has 1 saturated carbocycles. The molecule has 7 heteroatoms. The first-order chi connectivity index (χ1) is 13.7. The summed E-state index contributed by atoms with van der Waals surface area (Å²) in [5, 5.41) is 3.21. The lowest BCUT2D eigenvalue weighted by Gasteiger charge is -2.43. The van der Waals surface area contributed by atoms with Crippen molar-refractivity contribution in [3.8, 4) is 0 Å². The van der Waals surface area contributed by atoms with Crippen molar-refractivity contribution >= 4 is 11.8 Å². The van der Waals surface area contributed by atoms with Gasteiger partial charge in [-0.3, -0.25) is 9.59 Å². The number of fused-ring (bicyclic) bond motifs is 1. The molecule has 0 bridgehead atoms. The fourth-order valence-electron chi connectivity index (χ4n) is 4.80. The molecule has 0 aromatic carbocycles. The van der Waals surface area contributed by atoms with Crippen LogP contribution in [0.15, 0.2) is 18.7 Å². The topological polar surface area (TPSA) is 84.4 Å². The molecule has 1 N–H and O–H groups in total. The van der Waals surface area contributed by atoms with Crippen LogP contribution >= 0.6 is 0 Å². The minimum Gasteiger partial charge on any atom is -0.377 e. The molecule has 2 saturated heterocycles. The second-order valence-corrected chi connectivity index (χ2v) is 8.43. The van der Waals surface area contributed by atoms with E-state index in [-0.39, 0.29) is 29.8 Å². The van der Waals surface area contributed by atoms with Gasteiger partial charge in [-0.2, -0.15) is 0 Å². The number of nitrogens with one attached hydrogen (secondary N) is 1. The summed E-state index contributed by atoms with van der Waals surface area (Å²) in [7, 11) is 0. The maximum absolute atomic E-state index is 12.7. The minimum absolute atomic E-state index is 0.0848. The van der Waals surface area contributed by atoms with Gasteiger partial charge in [0.25, 0.3) is 0 Å².